The number of rotatable bonds is 3. The van der Waals surface area contributed by atoms with Gasteiger partial charge in [-0.25, -0.2) is 9.97 Å². The zero-order chi connectivity index (χ0) is 15.5. The van der Waals surface area contributed by atoms with Crippen LogP contribution in [0.25, 0.3) is 0 Å². The standard InChI is InChI=1S/C16H20ClN5/c1-12-3-4-13(17)9-14(12)21-5-7-22(8-6-21)16-10-15(18-2)19-11-20-16/h3-4,9-11H,5-8H2,1-2H3,(H,18,19,20). The molecular weight excluding hydrogens is 298 g/mol. The van der Waals surface area contributed by atoms with Crippen molar-refractivity contribution in [3.63, 3.8) is 0 Å². The molecule has 0 amide bonds. The maximum absolute atomic E-state index is 6.13. The van der Waals surface area contributed by atoms with E-state index in [1.54, 1.807) is 6.33 Å². The van der Waals surface area contributed by atoms with Gasteiger partial charge < -0.3 is 15.1 Å². The quantitative estimate of drug-likeness (QED) is 0.943. The second-order valence-electron chi connectivity index (χ2n) is 5.42. The van der Waals surface area contributed by atoms with Crippen LogP contribution in [0.2, 0.25) is 5.02 Å². The minimum absolute atomic E-state index is 0.789. The predicted molar refractivity (Wildman–Crippen MR) is 92.2 cm³/mol. The minimum atomic E-state index is 0.789. The second-order valence-corrected chi connectivity index (χ2v) is 5.85. The van der Waals surface area contributed by atoms with Gasteiger partial charge >= 0.3 is 0 Å². The highest BCUT2D eigenvalue weighted by Crippen LogP contribution is 2.26. The molecule has 3 rings (SSSR count). The molecule has 1 aromatic heterocycles. The first-order valence-electron chi connectivity index (χ1n) is 7.43. The molecule has 1 N–H and O–H groups in total. The Hall–Kier alpha value is -2.01. The van der Waals surface area contributed by atoms with Crippen molar-refractivity contribution < 1.29 is 0 Å². The van der Waals surface area contributed by atoms with Crippen LogP contribution in [0.15, 0.2) is 30.6 Å². The molecule has 1 aliphatic rings. The highest BCUT2D eigenvalue weighted by Gasteiger charge is 2.19. The van der Waals surface area contributed by atoms with Gasteiger partial charge in [-0.1, -0.05) is 17.7 Å². The maximum atomic E-state index is 6.13. The van der Waals surface area contributed by atoms with E-state index >= 15 is 0 Å². The Morgan fingerprint density at radius 1 is 1.05 bits per heavy atom. The number of nitrogens with zero attached hydrogens (tertiary/aromatic N) is 4. The van der Waals surface area contributed by atoms with Crippen molar-refractivity contribution in [2.24, 2.45) is 0 Å². The van der Waals surface area contributed by atoms with E-state index in [1.165, 1.54) is 11.3 Å². The molecular formula is C16H20ClN5. The van der Waals surface area contributed by atoms with Gasteiger partial charge in [0, 0.05) is 50.0 Å². The number of benzene rings is 1. The molecule has 0 spiro atoms. The number of aromatic nitrogens is 2. The molecule has 6 heteroatoms. The number of piperazine rings is 1. The molecule has 2 heterocycles. The second kappa shape index (κ2) is 6.40. The average molecular weight is 318 g/mol. The van der Waals surface area contributed by atoms with Gasteiger partial charge in [0.05, 0.1) is 0 Å². The van der Waals surface area contributed by atoms with E-state index in [0.717, 1.165) is 42.8 Å². The number of anilines is 3. The Labute approximate surface area is 135 Å². The third kappa shape index (κ3) is 3.09. The van der Waals surface area contributed by atoms with E-state index in [0.29, 0.717) is 0 Å². The van der Waals surface area contributed by atoms with Gasteiger partial charge in [-0.05, 0) is 24.6 Å². The third-order valence-electron chi connectivity index (χ3n) is 4.02. The fourth-order valence-corrected chi connectivity index (χ4v) is 2.92. The van der Waals surface area contributed by atoms with Crippen LogP contribution in [0.4, 0.5) is 17.3 Å². The number of halogens is 1. The Bertz CT molecular complexity index is 653. The van der Waals surface area contributed by atoms with E-state index in [1.807, 2.05) is 19.2 Å². The third-order valence-corrected chi connectivity index (χ3v) is 4.26. The average Bonchev–Trinajstić information content (AvgIpc) is 2.57. The van der Waals surface area contributed by atoms with Crippen molar-refractivity contribution in [2.75, 3.05) is 48.3 Å². The van der Waals surface area contributed by atoms with Crippen molar-refractivity contribution in [3.8, 4) is 0 Å². The van der Waals surface area contributed by atoms with Crippen LogP contribution in [-0.2, 0) is 0 Å². The molecule has 1 aliphatic heterocycles. The summed E-state index contributed by atoms with van der Waals surface area (Å²) in [5.74, 6) is 1.82. The predicted octanol–water partition coefficient (Wildman–Crippen LogP) is 2.81. The lowest BCUT2D eigenvalue weighted by Crippen LogP contribution is -2.47. The summed E-state index contributed by atoms with van der Waals surface area (Å²) in [6.07, 6.45) is 1.61. The molecule has 1 saturated heterocycles. The molecule has 22 heavy (non-hydrogen) atoms. The van der Waals surface area contributed by atoms with Gasteiger partial charge in [-0.2, -0.15) is 0 Å². The molecule has 0 saturated carbocycles. The van der Waals surface area contributed by atoms with E-state index in [2.05, 4.69) is 44.1 Å². The number of aryl methyl sites for hydroxylation is 1. The molecule has 0 atom stereocenters. The van der Waals surface area contributed by atoms with Gasteiger partial charge in [-0.3, -0.25) is 0 Å². The highest BCUT2D eigenvalue weighted by molar-refractivity contribution is 6.30. The molecule has 1 fully saturated rings. The summed E-state index contributed by atoms with van der Waals surface area (Å²) in [6.45, 7) is 5.92. The molecule has 0 aliphatic carbocycles. The Morgan fingerprint density at radius 3 is 2.50 bits per heavy atom. The highest BCUT2D eigenvalue weighted by atomic mass is 35.5. The molecule has 2 aromatic rings. The van der Waals surface area contributed by atoms with E-state index in [-0.39, 0.29) is 0 Å². The van der Waals surface area contributed by atoms with Crippen molar-refractivity contribution in [2.45, 2.75) is 6.92 Å². The van der Waals surface area contributed by atoms with Crippen LogP contribution in [0.5, 0.6) is 0 Å². The Balaban J connectivity index is 1.71. The van der Waals surface area contributed by atoms with Crippen molar-refractivity contribution in [1.29, 1.82) is 0 Å². The van der Waals surface area contributed by atoms with Crippen LogP contribution in [-0.4, -0.2) is 43.2 Å². The summed E-state index contributed by atoms with van der Waals surface area (Å²) in [4.78, 5) is 13.2. The molecule has 0 radical (unpaired) electrons. The van der Waals surface area contributed by atoms with Gasteiger partial charge in [0.15, 0.2) is 0 Å². The van der Waals surface area contributed by atoms with E-state index in [4.69, 9.17) is 11.6 Å². The number of hydrogen-bond donors (Lipinski definition) is 1. The van der Waals surface area contributed by atoms with Crippen LogP contribution >= 0.6 is 11.6 Å². The summed E-state index contributed by atoms with van der Waals surface area (Å²) >= 11 is 6.13. The Morgan fingerprint density at radius 2 is 1.77 bits per heavy atom. The molecule has 0 bridgehead atoms. The van der Waals surface area contributed by atoms with Crippen LogP contribution in [0.3, 0.4) is 0 Å². The number of nitrogens with one attached hydrogen (secondary N) is 1. The summed E-state index contributed by atoms with van der Waals surface area (Å²) in [5, 5.41) is 3.84. The Kier molecular flexibility index (Phi) is 4.34. The minimum Gasteiger partial charge on any atom is -0.373 e. The van der Waals surface area contributed by atoms with Gasteiger partial charge in [0.2, 0.25) is 0 Å². The normalized spacial score (nSPS) is 15.0. The first-order valence-corrected chi connectivity index (χ1v) is 7.81. The lowest BCUT2D eigenvalue weighted by molar-refractivity contribution is 0.646. The molecule has 0 unspecified atom stereocenters. The molecule has 5 nitrogen and oxygen atoms in total. The van der Waals surface area contributed by atoms with Crippen molar-refractivity contribution >= 4 is 28.9 Å². The topological polar surface area (TPSA) is 44.3 Å². The first-order chi connectivity index (χ1) is 10.7. The first kappa shape index (κ1) is 14.9. The van der Waals surface area contributed by atoms with Crippen LogP contribution in [0.1, 0.15) is 5.56 Å². The molecule has 116 valence electrons. The van der Waals surface area contributed by atoms with E-state index < -0.39 is 0 Å². The SMILES string of the molecule is CNc1cc(N2CCN(c3cc(Cl)ccc3C)CC2)ncn1. The fraction of sp³-hybridized carbons (Fsp3) is 0.375. The summed E-state index contributed by atoms with van der Waals surface area (Å²) in [7, 11) is 1.87. The largest absolute Gasteiger partial charge is 0.373 e. The summed E-state index contributed by atoms with van der Waals surface area (Å²) in [5.41, 5.74) is 2.49. The fourth-order valence-electron chi connectivity index (χ4n) is 2.76. The lowest BCUT2D eigenvalue weighted by Gasteiger charge is -2.37. The smallest absolute Gasteiger partial charge is 0.134 e. The van der Waals surface area contributed by atoms with Crippen LogP contribution < -0.4 is 15.1 Å². The zero-order valence-electron chi connectivity index (χ0n) is 12.9. The van der Waals surface area contributed by atoms with Crippen molar-refractivity contribution in [3.05, 3.63) is 41.2 Å². The van der Waals surface area contributed by atoms with Crippen molar-refractivity contribution in [1.82, 2.24) is 9.97 Å². The zero-order valence-corrected chi connectivity index (χ0v) is 13.6. The molecule has 1 aromatic carbocycles. The lowest BCUT2D eigenvalue weighted by atomic mass is 10.1. The maximum Gasteiger partial charge on any atom is 0.134 e. The van der Waals surface area contributed by atoms with Gasteiger partial charge in [0.1, 0.15) is 18.0 Å². The van der Waals surface area contributed by atoms with Gasteiger partial charge in [-0.15, -0.1) is 0 Å². The number of hydrogen-bond acceptors (Lipinski definition) is 5. The van der Waals surface area contributed by atoms with Gasteiger partial charge in [0.25, 0.3) is 0 Å². The monoisotopic (exact) mass is 317 g/mol. The summed E-state index contributed by atoms with van der Waals surface area (Å²) in [6, 6.07) is 8.06. The van der Waals surface area contributed by atoms with Crippen LogP contribution in [0, 0.1) is 6.92 Å². The summed E-state index contributed by atoms with van der Waals surface area (Å²) < 4.78 is 0. The van der Waals surface area contributed by atoms with E-state index in [9.17, 15) is 0 Å².